The van der Waals surface area contributed by atoms with Crippen molar-refractivity contribution in [3.05, 3.63) is 0 Å². The Bertz CT molecular complexity index is 127. The molecule has 0 saturated carbocycles. The molecule has 0 aliphatic carbocycles. The van der Waals surface area contributed by atoms with E-state index in [0.717, 1.165) is 13.0 Å². The predicted molar refractivity (Wildman–Crippen MR) is 47.1 cm³/mol. The normalized spacial score (nSPS) is 23.8. The topological polar surface area (TPSA) is 21.3 Å². The van der Waals surface area contributed by atoms with Gasteiger partial charge in [0, 0.05) is 12.5 Å². The van der Waals surface area contributed by atoms with E-state index < -0.39 is 6.43 Å². The minimum Gasteiger partial charge on any atom is -0.380 e. The van der Waals surface area contributed by atoms with Crippen LogP contribution < -0.4 is 5.32 Å². The fourth-order valence-electron chi connectivity index (χ4n) is 1.46. The van der Waals surface area contributed by atoms with Gasteiger partial charge in [0.15, 0.2) is 0 Å². The van der Waals surface area contributed by atoms with Crippen LogP contribution in [0.15, 0.2) is 0 Å². The molecule has 0 radical (unpaired) electrons. The van der Waals surface area contributed by atoms with E-state index in [1.165, 1.54) is 12.8 Å². The van der Waals surface area contributed by atoms with Gasteiger partial charge in [-0.05, 0) is 19.4 Å². The zero-order valence-corrected chi connectivity index (χ0v) is 7.77. The second-order valence-corrected chi connectivity index (χ2v) is 3.40. The van der Waals surface area contributed by atoms with Crippen molar-refractivity contribution in [1.29, 1.82) is 0 Å². The van der Waals surface area contributed by atoms with Crippen LogP contribution in [0.5, 0.6) is 0 Å². The second kappa shape index (κ2) is 6.27. The molecule has 0 aromatic heterocycles. The summed E-state index contributed by atoms with van der Waals surface area (Å²) in [5.41, 5.74) is 0. The van der Waals surface area contributed by atoms with Gasteiger partial charge in [0.1, 0.15) is 0 Å². The molecule has 13 heavy (non-hydrogen) atoms. The summed E-state index contributed by atoms with van der Waals surface area (Å²) in [6, 6.07) is 0.381. The lowest BCUT2D eigenvalue weighted by atomic mass is 10.1. The van der Waals surface area contributed by atoms with Crippen molar-refractivity contribution in [2.45, 2.75) is 38.2 Å². The first-order chi connectivity index (χ1) is 6.29. The first-order valence-electron chi connectivity index (χ1n) is 4.88. The van der Waals surface area contributed by atoms with Crippen LogP contribution in [0.1, 0.15) is 25.7 Å². The van der Waals surface area contributed by atoms with Gasteiger partial charge in [0.05, 0.1) is 13.2 Å². The summed E-state index contributed by atoms with van der Waals surface area (Å²) in [7, 11) is 0. The molecule has 2 nitrogen and oxygen atoms in total. The molecule has 0 bridgehead atoms. The highest BCUT2D eigenvalue weighted by Crippen LogP contribution is 2.07. The first kappa shape index (κ1) is 10.9. The summed E-state index contributed by atoms with van der Waals surface area (Å²) in [6.45, 7) is 1.78. The molecule has 1 fully saturated rings. The third-order valence-electron chi connectivity index (χ3n) is 2.21. The molecule has 0 amide bonds. The highest BCUT2D eigenvalue weighted by Gasteiger charge is 2.12. The Morgan fingerprint density at radius 1 is 1.38 bits per heavy atom. The van der Waals surface area contributed by atoms with Gasteiger partial charge >= 0.3 is 0 Å². The Hall–Kier alpha value is -0.220. The van der Waals surface area contributed by atoms with Crippen molar-refractivity contribution >= 4 is 0 Å². The molecular weight excluding hydrogens is 176 g/mol. The van der Waals surface area contributed by atoms with Crippen molar-refractivity contribution < 1.29 is 13.5 Å². The molecule has 4 heteroatoms. The molecular formula is C9H17F2NO. The molecule has 1 rings (SSSR count). The van der Waals surface area contributed by atoms with Crippen molar-refractivity contribution in [3.63, 3.8) is 0 Å². The van der Waals surface area contributed by atoms with E-state index in [9.17, 15) is 8.78 Å². The van der Waals surface area contributed by atoms with Gasteiger partial charge in [-0.3, -0.25) is 0 Å². The minimum atomic E-state index is -2.24. The van der Waals surface area contributed by atoms with Crippen molar-refractivity contribution in [2.24, 2.45) is 0 Å². The van der Waals surface area contributed by atoms with Gasteiger partial charge in [-0.25, -0.2) is 8.78 Å². The van der Waals surface area contributed by atoms with Gasteiger partial charge in [-0.1, -0.05) is 6.42 Å². The number of nitrogens with one attached hydrogen (secondary N) is 1. The number of alkyl halides is 2. The zero-order valence-electron chi connectivity index (χ0n) is 7.77. The first-order valence-corrected chi connectivity index (χ1v) is 4.88. The molecule has 1 aliphatic rings. The highest BCUT2D eigenvalue weighted by atomic mass is 19.3. The number of ether oxygens (including phenoxy) is 1. The maximum Gasteiger partial charge on any atom is 0.240 e. The molecule has 1 unspecified atom stereocenters. The SMILES string of the molecule is FC(F)CCOCC1CCCCN1. The molecule has 0 spiro atoms. The quantitative estimate of drug-likeness (QED) is 0.672. The van der Waals surface area contributed by atoms with E-state index >= 15 is 0 Å². The van der Waals surface area contributed by atoms with Crippen LogP contribution in [-0.4, -0.2) is 32.2 Å². The van der Waals surface area contributed by atoms with E-state index in [4.69, 9.17) is 4.74 Å². The number of hydrogen-bond acceptors (Lipinski definition) is 2. The molecule has 1 N–H and O–H groups in total. The molecule has 1 atom stereocenters. The Labute approximate surface area is 77.6 Å². The number of rotatable bonds is 5. The van der Waals surface area contributed by atoms with E-state index in [2.05, 4.69) is 5.32 Å². The number of hydrogen-bond donors (Lipinski definition) is 1. The Balaban J connectivity index is 1.92. The summed E-state index contributed by atoms with van der Waals surface area (Å²) in [5, 5.41) is 3.29. The van der Waals surface area contributed by atoms with E-state index in [0.29, 0.717) is 12.6 Å². The van der Waals surface area contributed by atoms with Gasteiger partial charge in [-0.15, -0.1) is 0 Å². The Morgan fingerprint density at radius 3 is 2.85 bits per heavy atom. The van der Waals surface area contributed by atoms with Crippen molar-refractivity contribution in [1.82, 2.24) is 5.32 Å². The third-order valence-corrected chi connectivity index (χ3v) is 2.21. The molecule has 1 heterocycles. The summed E-state index contributed by atoms with van der Waals surface area (Å²) in [5.74, 6) is 0. The van der Waals surface area contributed by atoms with Crippen molar-refractivity contribution in [2.75, 3.05) is 19.8 Å². The number of piperidine rings is 1. The summed E-state index contributed by atoms with van der Waals surface area (Å²) < 4.78 is 28.6. The van der Waals surface area contributed by atoms with Gasteiger partial charge < -0.3 is 10.1 Å². The van der Waals surface area contributed by atoms with Crippen LogP contribution in [0.3, 0.4) is 0 Å². The average molecular weight is 193 g/mol. The second-order valence-electron chi connectivity index (χ2n) is 3.40. The smallest absolute Gasteiger partial charge is 0.240 e. The van der Waals surface area contributed by atoms with Gasteiger partial charge in [0.25, 0.3) is 0 Å². The van der Waals surface area contributed by atoms with Gasteiger partial charge in [0.2, 0.25) is 6.43 Å². The highest BCUT2D eigenvalue weighted by molar-refractivity contribution is 4.71. The summed E-state index contributed by atoms with van der Waals surface area (Å²) in [6.07, 6.45) is 1.16. The zero-order chi connectivity index (χ0) is 9.52. The van der Waals surface area contributed by atoms with Crippen LogP contribution in [0.2, 0.25) is 0 Å². The summed E-state index contributed by atoms with van der Waals surface area (Å²) >= 11 is 0. The standard InChI is InChI=1S/C9H17F2NO/c10-9(11)4-6-13-7-8-3-1-2-5-12-8/h8-9,12H,1-7H2. The Kier molecular flexibility index (Phi) is 5.23. The fourth-order valence-corrected chi connectivity index (χ4v) is 1.46. The lowest BCUT2D eigenvalue weighted by Gasteiger charge is -2.23. The van der Waals surface area contributed by atoms with E-state index in [-0.39, 0.29) is 13.0 Å². The van der Waals surface area contributed by atoms with Crippen LogP contribution in [0, 0.1) is 0 Å². The van der Waals surface area contributed by atoms with Crippen LogP contribution in [0.25, 0.3) is 0 Å². The molecule has 78 valence electrons. The lowest BCUT2D eigenvalue weighted by Crippen LogP contribution is -2.37. The number of halogens is 2. The largest absolute Gasteiger partial charge is 0.380 e. The third kappa shape index (κ3) is 5.16. The maximum atomic E-state index is 11.7. The van der Waals surface area contributed by atoms with E-state index in [1.54, 1.807) is 0 Å². The summed E-state index contributed by atoms with van der Waals surface area (Å²) in [4.78, 5) is 0. The average Bonchev–Trinajstić information content (AvgIpc) is 2.14. The fraction of sp³-hybridized carbons (Fsp3) is 1.00. The predicted octanol–water partition coefficient (Wildman–Crippen LogP) is 1.80. The molecule has 0 aromatic rings. The van der Waals surface area contributed by atoms with Crippen LogP contribution in [0.4, 0.5) is 8.78 Å². The maximum absolute atomic E-state index is 11.7. The Morgan fingerprint density at radius 2 is 2.23 bits per heavy atom. The van der Waals surface area contributed by atoms with Gasteiger partial charge in [-0.2, -0.15) is 0 Å². The lowest BCUT2D eigenvalue weighted by molar-refractivity contribution is 0.0538. The molecule has 0 aromatic carbocycles. The minimum absolute atomic E-state index is 0.146. The van der Waals surface area contributed by atoms with Crippen LogP contribution in [-0.2, 0) is 4.74 Å². The van der Waals surface area contributed by atoms with Crippen LogP contribution >= 0.6 is 0 Å². The molecule has 1 saturated heterocycles. The van der Waals surface area contributed by atoms with Crippen molar-refractivity contribution in [3.8, 4) is 0 Å². The van der Waals surface area contributed by atoms with E-state index in [1.807, 2.05) is 0 Å². The monoisotopic (exact) mass is 193 g/mol. The molecule has 1 aliphatic heterocycles.